The van der Waals surface area contributed by atoms with Gasteiger partial charge in [0.1, 0.15) is 5.82 Å². The Morgan fingerprint density at radius 3 is 3.00 bits per heavy atom. The molecule has 1 aromatic carbocycles. The first-order valence-electron chi connectivity index (χ1n) is 5.81. The highest BCUT2D eigenvalue weighted by Crippen LogP contribution is 2.43. The van der Waals surface area contributed by atoms with E-state index in [2.05, 4.69) is 6.92 Å². The van der Waals surface area contributed by atoms with E-state index in [1.807, 2.05) is 6.07 Å². The SMILES string of the molecule is CCCC1C/C(=C\C(=O)Cl)c2cc(F)ccc21. The van der Waals surface area contributed by atoms with Gasteiger partial charge in [-0.25, -0.2) is 4.39 Å². The number of allylic oxidation sites excluding steroid dienone is 2. The van der Waals surface area contributed by atoms with E-state index in [1.165, 1.54) is 18.2 Å². The van der Waals surface area contributed by atoms with Gasteiger partial charge < -0.3 is 0 Å². The molecule has 3 heteroatoms. The lowest BCUT2D eigenvalue weighted by atomic mass is 9.97. The number of halogens is 2. The van der Waals surface area contributed by atoms with Crippen LogP contribution in [0.5, 0.6) is 0 Å². The Morgan fingerprint density at radius 2 is 2.35 bits per heavy atom. The molecule has 17 heavy (non-hydrogen) atoms. The third kappa shape index (κ3) is 2.58. The van der Waals surface area contributed by atoms with Gasteiger partial charge in [0.2, 0.25) is 5.24 Å². The molecule has 90 valence electrons. The molecular weight excluding hydrogens is 239 g/mol. The summed E-state index contributed by atoms with van der Waals surface area (Å²) in [5.41, 5.74) is 2.84. The highest BCUT2D eigenvalue weighted by molar-refractivity contribution is 6.67. The van der Waals surface area contributed by atoms with Crippen molar-refractivity contribution in [1.82, 2.24) is 0 Å². The van der Waals surface area contributed by atoms with Crippen LogP contribution in [0.3, 0.4) is 0 Å². The van der Waals surface area contributed by atoms with E-state index < -0.39 is 5.24 Å². The zero-order chi connectivity index (χ0) is 12.4. The van der Waals surface area contributed by atoms with Crippen LogP contribution in [-0.4, -0.2) is 5.24 Å². The van der Waals surface area contributed by atoms with Crippen molar-refractivity contribution in [3.05, 3.63) is 41.2 Å². The Bertz CT molecular complexity index is 479. The lowest BCUT2D eigenvalue weighted by Gasteiger charge is -2.08. The van der Waals surface area contributed by atoms with Gasteiger partial charge in [-0.3, -0.25) is 4.79 Å². The normalized spacial score (nSPS) is 20.6. The van der Waals surface area contributed by atoms with E-state index in [-0.39, 0.29) is 5.82 Å². The Labute approximate surface area is 105 Å². The second-order valence-corrected chi connectivity index (χ2v) is 4.77. The van der Waals surface area contributed by atoms with Crippen LogP contribution in [0.1, 0.15) is 43.2 Å². The monoisotopic (exact) mass is 252 g/mol. The maximum Gasteiger partial charge on any atom is 0.245 e. The van der Waals surface area contributed by atoms with Crippen molar-refractivity contribution >= 4 is 22.4 Å². The summed E-state index contributed by atoms with van der Waals surface area (Å²) in [5.74, 6) is 0.117. The van der Waals surface area contributed by atoms with Gasteiger partial charge in [0.15, 0.2) is 0 Å². The summed E-state index contributed by atoms with van der Waals surface area (Å²) in [6.45, 7) is 2.12. The van der Waals surface area contributed by atoms with Crippen LogP contribution in [0.4, 0.5) is 4.39 Å². The molecule has 1 aliphatic carbocycles. The summed E-state index contributed by atoms with van der Waals surface area (Å²) in [4.78, 5) is 11.0. The van der Waals surface area contributed by atoms with Crippen LogP contribution in [0, 0.1) is 5.82 Å². The van der Waals surface area contributed by atoms with E-state index in [9.17, 15) is 9.18 Å². The highest BCUT2D eigenvalue weighted by Gasteiger charge is 2.26. The molecule has 0 fully saturated rings. The van der Waals surface area contributed by atoms with Crippen molar-refractivity contribution in [2.24, 2.45) is 0 Å². The maximum atomic E-state index is 13.2. The molecule has 0 aliphatic heterocycles. The second-order valence-electron chi connectivity index (χ2n) is 4.39. The molecule has 1 unspecified atom stereocenters. The summed E-state index contributed by atoms with van der Waals surface area (Å²) in [7, 11) is 0. The minimum absolute atomic E-state index is 0.270. The lowest BCUT2D eigenvalue weighted by Crippen LogP contribution is -1.92. The molecule has 1 aromatic rings. The first-order valence-corrected chi connectivity index (χ1v) is 6.19. The van der Waals surface area contributed by atoms with Crippen LogP contribution < -0.4 is 0 Å². The molecule has 0 saturated carbocycles. The molecule has 0 saturated heterocycles. The van der Waals surface area contributed by atoms with Gasteiger partial charge in [-0.05, 0) is 59.2 Å². The number of rotatable bonds is 3. The van der Waals surface area contributed by atoms with Gasteiger partial charge in [0.05, 0.1) is 0 Å². The van der Waals surface area contributed by atoms with Crippen LogP contribution in [-0.2, 0) is 4.79 Å². The molecule has 0 aromatic heterocycles. The fourth-order valence-electron chi connectivity index (χ4n) is 2.53. The van der Waals surface area contributed by atoms with Crippen molar-refractivity contribution in [3.63, 3.8) is 0 Å². The number of hydrogen-bond donors (Lipinski definition) is 0. The van der Waals surface area contributed by atoms with Gasteiger partial charge in [-0.1, -0.05) is 19.4 Å². The van der Waals surface area contributed by atoms with Crippen molar-refractivity contribution < 1.29 is 9.18 Å². The van der Waals surface area contributed by atoms with Crippen LogP contribution in [0.15, 0.2) is 24.3 Å². The average molecular weight is 253 g/mol. The molecule has 0 radical (unpaired) electrons. The van der Waals surface area contributed by atoms with Crippen molar-refractivity contribution in [3.8, 4) is 0 Å². The number of carbonyl (C=O) groups is 1. The van der Waals surface area contributed by atoms with Crippen LogP contribution >= 0.6 is 11.6 Å². The van der Waals surface area contributed by atoms with Crippen molar-refractivity contribution in [2.45, 2.75) is 32.1 Å². The summed E-state index contributed by atoms with van der Waals surface area (Å²) < 4.78 is 13.2. The Hall–Kier alpha value is -1.15. The number of hydrogen-bond acceptors (Lipinski definition) is 1. The molecule has 0 bridgehead atoms. The summed E-state index contributed by atoms with van der Waals surface area (Å²) >= 11 is 5.38. The maximum absolute atomic E-state index is 13.2. The van der Waals surface area contributed by atoms with Crippen LogP contribution in [0.2, 0.25) is 0 Å². The van der Waals surface area contributed by atoms with E-state index in [4.69, 9.17) is 11.6 Å². The molecule has 0 N–H and O–H groups in total. The molecule has 1 aliphatic rings. The fraction of sp³-hybridized carbons (Fsp3) is 0.357. The van der Waals surface area contributed by atoms with E-state index >= 15 is 0 Å². The first-order chi connectivity index (χ1) is 8.11. The molecule has 0 amide bonds. The van der Waals surface area contributed by atoms with Crippen LogP contribution in [0.25, 0.3) is 5.57 Å². The topological polar surface area (TPSA) is 17.1 Å². The predicted molar refractivity (Wildman–Crippen MR) is 67.5 cm³/mol. The standard InChI is InChI=1S/C14H14ClFO/c1-2-3-9-6-10(7-14(15)17)13-8-11(16)4-5-12(9)13/h4-5,7-9H,2-3,6H2,1H3/b10-7+. The Kier molecular flexibility index (Phi) is 3.63. The first kappa shape index (κ1) is 12.3. The zero-order valence-corrected chi connectivity index (χ0v) is 10.4. The second kappa shape index (κ2) is 5.01. The number of benzene rings is 1. The fourth-order valence-corrected chi connectivity index (χ4v) is 2.66. The molecular formula is C14H14ClFO. The van der Waals surface area contributed by atoms with Gasteiger partial charge >= 0.3 is 0 Å². The van der Waals surface area contributed by atoms with Gasteiger partial charge in [0, 0.05) is 6.08 Å². The van der Waals surface area contributed by atoms with Crippen molar-refractivity contribution in [2.75, 3.05) is 0 Å². The third-order valence-electron chi connectivity index (χ3n) is 3.19. The zero-order valence-electron chi connectivity index (χ0n) is 9.67. The quantitative estimate of drug-likeness (QED) is 0.580. The summed E-state index contributed by atoms with van der Waals surface area (Å²) in [6.07, 6.45) is 4.32. The molecule has 2 rings (SSSR count). The molecule has 0 spiro atoms. The van der Waals surface area contributed by atoms with E-state index in [0.29, 0.717) is 5.92 Å². The molecule has 1 atom stereocenters. The van der Waals surface area contributed by atoms with Gasteiger partial charge in [-0.15, -0.1) is 0 Å². The predicted octanol–water partition coefficient (Wildman–Crippen LogP) is 4.26. The molecule has 0 heterocycles. The summed E-state index contributed by atoms with van der Waals surface area (Å²) in [5, 5.41) is -0.493. The Balaban J connectivity index is 2.44. The van der Waals surface area contributed by atoms with Gasteiger partial charge in [0.25, 0.3) is 0 Å². The number of carbonyl (C=O) groups excluding carboxylic acids is 1. The number of fused-ring (bicyclic) bond motifs is 1. The minimum atomic E-state index is -0.493. The lowest BCUT2D eigenvalue weighted by molar-refractivity contribution is -0.107. The highest BCUT2D eigenvalue weighted by atomic mass is 35.5. The molecule has 1 nitrogen and oxygen atoms in total. The Morgan fingerprint density at radius 1 is 1.59 bits per heavy atom. The summed E-state index contributed by atoms with van der Waals surface area (Å²) in [6, 6.07) is 4.80. The third-order valence-corrected chi connectivity index (χ3v) is 3.30. The van der Waals surface area contributed by atoms with E-state index in [0.717, 1.165) is 36.0 Å². The smallest absolute Gasteiger partial charge is 0.245 e. The minimum Gasteiger partial charge on any atom is -0.276 e. The largest absolute Gasteiger partial charge is 0.276 e. The average Bonchev–Trinajstić information content (AvgIpc) is 2.56. The van der Waals surface area contributed by atoms with Gasteiger partial charge in [-0.2, -0.15) is 0 Å². The van der Waals surface area contributed by atoms with E-state index in [1.54, 1.807) is 0 Å². The van der Waals surface area contributed by atoms with Crippen molar-refractivity contribution in [1.29, 1.82) is 0 Å².